The molecular formula is C11H25NO2. The van der Waals surface area contributed by atoms with Crippen molar-refractivity contribution in [3.05, 3.63) is 0 Å². The Morgan fingerprint density at radius 1 is 1.00 bits per heavy atom. The molecule has 0 unspecified atom stereocenters. The molecule has 0 heterocycles. The minimum Gasteiger partial charge on any atom is -0.376 e. The standard InChI is InChI=1S/C11H25NO2/c1-10(2,3)13-8-7-11(4,5)14-9-12-6/h12H,7-9H2,1-6H3. The Bertz CT molecular complexity index is 150. The first kappa shape index (κ1) is 13.9. The number of rotatable bonds is 6. The van der Waals surface area contributed by atoms with Gasteiger partial charge in [0.15, 0.2) is 0 Å². The second kappa shape index (κ2) is 5.69. The smallest absolute Gasteiger partial charge is 0.0970 e. The number of ether oxygens (including phenoxy) is 2. The molecule has 0 aromatic carbocycles. The Labute approximate surface area is 88.2 Å². The van der Waals surface area contributed by atoms with Crippen molar-refractivity contribution in [2.45, 2.75) is 52.2 Å². The minimum atomic E-state index is -0.117. The second-order valence-corrected chi connectivity index (χ2v) is 5.11. The zero-order chi connectivity index (χ0) is 11.2. The highest BCUT2D eigenvalue weighted by molar-refractivity contribution is 4.69. The summed E-state index contributed by atoms with van der Waals surface area (Å²) < 4.78 is 11.2. The van der Waals surface area contributed by atoms with Crippen molar-refractivity contribution in [3.8, 4) is 0 Å². The van der Waals surface area contributed by atoms with E-state index >= 15 is 0 Å². The molecule has 0 aromatic heterocycles. The predicted octanol–water partition coefficient (Wildman–Crippen LogP) is 2.16. The minimum absolute atomic E-state index is 0.0565. The van der Waals surface area contributed by atoms with Gasteiger partial charge in [-0.15, -0.1) is 0 Å². The summed E-state index contributed by atoms with van der Waals surface area (Å²) in [5.41, 5.74) is -0.173. The third-order valence-corrected chi connectivity index (χ3v) is 1.85. The van der Waals surface area contributed by atoms with Gasteiger partial charge in [0.2, 0.25) is 0 Å². The lowest BCUT2D eigenvalue weighted by molar-refractivity contribution is -0.0699. The van der Waals surface area contributed by atoms with Gasteiger partial charge in [-0.2, -0.15) is 0 Å². The van der Waals surface area contributed by atoms with Crippen LogP contribution in [0.4, 0.5) is 0 Å². The molecule has 0 bridgehead atoms. The number of hydrogen-bond acceptors (Lipinski definition) is 3. The van der Waals surface area contributed by atoms with Gasteiger partial charge in [-0.25, -0.2) is 0 Å². The lowest BCUT2D eigenvalue weighted by Crippen LogP contribution is -2.32. The van der Waals surface area contributed by atoms with Crippen molar-refractivity contribution in [3.63, 3.8) is 0 Å². The van der Waals surface area contributed by atoms with Crippen LogP contribution >= 0.6 is 0 Å². The van der Waals surface area contributed by atoms with Crippen molar-refractivity contribution in [1.29, 1.82) is 0 Å². The summed E-state index contributed by atoms with van der Waals surface area (Å²) in [4.78, 5) is 0. The van der Waals surface area contributed by atoms with Crippen LogP contribution in [0.1, 0.15) is 41.0 Å². The normalized spacial score (nSPS) is 13.3. The van der Waals surface area contributed by atoms with E-state index in [1.165, 1.54) is 0 Å². The Morgan fingerprint density at radius 2 is 1.57 bits per heavy atom. The van der Waals surface area contributed by atoms with Crippen molar-refractivity contribution in [2.24, 2.45) is 0 Å². The fourth-order valence-corrected chi connectivity index (χ4v) is 0.943. The molecule has 0 saturated carbocycles. The third kappa shape index (κ3) is 8.48. The van der Waals surface area contributed by atoms with Crippen LogP contribution in [0.5, 0.6) is 0 Å². The Kier molecular flexibility index (Phi) is 5.64. The van der Waals surface area contributed by atoms with E-state index in [2.05, 4.69) is 39.9 Å². The molecule has 0 aliphatic heterocycles. The van der Waals surface area contributed by atoms with E-state index in [-0.39, 0.29) is 11.2 Å². The average molecular weight is 203 g/mol. The van der Waals surface area contributed by atoms with Gasteiger partial charge in [0.25, 0.3) is 0 Å². The van der Waals surface area contributed by atoms with Crippen LogP contribution < -0.4 is 5.32 Å². The fraction of sp³-hybridized carbons (Fsp3) is 1.00. The Balaban J connectivity index is 3.65. The van der Waals surface area contributed by atoms with E-state index in [9.17, 15) is 0 Å². The van der Waals surface area contributed by atoms with Gasteiger partial charge in [0.05, 0.1) is 17.9 Å². The van der Waals surface area contributed by atoms with E-state index in [0.717, 1.165) is 13.0 Å². The molecular weight excluding hydrogens is 178 g/mol. The van der Waals surface area contributed by atoms with Crippen LogP contribution in [0.25, 0.3) is 0 Å². The molecule has 0 saturated heterocycles. The summed E-state index contributed by atoms with van der Waals surface area (Å²) in [6.07, 6.45) is 0.909. The van der Waals surface area contributed by atoms with Crippen LogP contribution in [0, 0.1) is 0 Å². The van der Waals surface area contributed by atoms with E-state index < -0.39 is 0 Å². The molecule has 86 valence electrons. The summed E-state index contributed by atoms with van der Waals surface area (Å²) >= 11 is 0. The molecule has 0 aromatic rings. The molecule has 0 aliphatic rings. The highest BCUT2D eigenvalue weighted by Crippen LogP contribution is 2.16. The quantitative estimate of drug-likeness (QED) is 0.671. The van der Waals surface area contributed by atoms with Gasteiger partial charge in [0.1, 0.15) is 0 Å². The first-order valence-electron chi connectivity index (χ1n) is 5.19. The van der Waals surface area contributed by atoms with E-state index in [0.29, 0.717) is 6.73 Å². The SMILES string of the molecule is CNCOC(C)(C)CCOC(C)(C)C. The van der Waals surface area contributed by atoms with E-state index in [1.807, 2.05) is 7.05 Å². The molecule has 0 radical (unpaired) electrons. The topological polar surface area (TPSA) is 30.5 Å². The van der Waals surface area contributed by atoms with Crippen molar-refractivity contribution in [1.82, 2.24) is 5.32 Å². The third-order valence-electron chi connectivity index (χ3n) is 1.85. The van der Waals surface area contributed by atoms with Crippen LogP contribution in [0.15, 0.2) is 0 Å². The van der Waals surface area contributed by atoms with Gasteiger partial charge in [-0.3, -0.25) is 5.32 Å². The highest BCUT2D eigenvalue weighted by atomic mass is 16.5. The van der Waals surface area contributed by atoms with Crippen molar-refractivity contribution < 1.29 is 9.47 Å². The highest BCUT2D eigenvalue weighted by Gasteiger charge is 2.19. The second-order valence-electron chi connectivity index (χ2n) is 5.11. The largest absolute Gasteiger partial charge is 0.376 e. The van der Waals surface area contributed by atoms with E-state index in [4.69, 9.17) is 9.47 Å². The maximum Gasteiger partial charge on any atom is 0.0970 e. The molecule has 0 atom stereocenters. The van der Waals surface area contributed by atoms with Crippen LogP contribution in [0.3, 0.4) is 0 Å². The fourth-order valence-electron chi connectivity index (χ4n) is 0.943. The number of nitrogens with one attached hydrogen (secondary N) is 1. The molecule has 0 fully saturated rings. The van der Waals surface area contributed by atoms with Crippen LogP contribution in [-0.2, 0) is 9.47 Å². The van der Waals surface area contributed by atoms with Crippen LogP contribution in [0.2, 0.25) is 0 Å². The van der Waals surface area contributed by atoms with Crippen LogP contribution in [-0.4, -0.2) is 31.6 Å². The summed E-state index contributed by atoms with van der Waals surface area (Å²) in [6, 6.07) is 0. The summed E-state index contributed by atoms with van der Waals surface area (Å²) in [5.74, 6) is 0. The van der Waals surface area contributed by atoms with Crippen molar-refractivity contribution in [2.75, 3.05) is 20.4 Å². The number of hydrogen-bond donors (Lipinski definition) is 1. The summed E-state index contributed by atoms with van der Waals surface area (Å²) in [7, 11) is 1.88. The van der Waals surface area contributed by atoms with Gasteiger partial charge < -0.3 is 9.47 Å². The maximum atomic E-state index is 5.64. The molecule has 0 amide bonds. The first-order valence-corrected chi connectivity index (χ1v) is 5.19. The molecule has 1 N–H and O–H groups in total. The van der Waals surface area contributed by atoms with Gasteiger partial charge in [-0.1, -0.05) is 0 Å². The van der Waals surface area contributed by atoms with Gasteiger partial charge >= 0.3 is 0 Å². The monoisotopic (exact) mass is 203 g/mol. The summed E-state index contributed by atoms with van der Waals surface area (Å²) in [5, 5.41) is 2.97. The lowest BCUT2D eigenvalue weighted by atomic mass is 10.1. The first-order chi connectivity index (χ1) is 6.27. The zero-order valence-corrected chi connectivity index (χ0v) is 10.4. The maximum absolute atomic E-state index is 5.64. The van der Waals surface area contributed by atoms with Crippen molar-refractivity contribution >= 4 is 0 Å². The summed E-state index contributed by atoms with van der Waals surface area (Å²) in [6.45, 7) is 11.7. The zero-order valence-electron chi connectivity index (χ0n) is 10.4. The molecule has 0 aliphatic carbocycles. The molecule has 14 heavy (non-hydrogen) atoms. The molecule has 3 nitrogen and oxygen atoms in total. The lowest BCUT2D eigenvalue weighted by Gasteiger charge is -2.27. The van der Waals surface area contributed by atoms with Gasteiger partial charge in [-0.05, 0) is 48.1 Å². The van der Waals surface area contributed by atoms with E-state index in [1.54, 1.807) is 0 Å². The molecule has 0 rings (SSSR count). The molecule has 3 heteroatoms. The Hall–Kier alpha value is -0.120. The van der Waals surface area contributed by atoms with Gasteiger partial charge in [0, 0.05) is 6.61 Å². The average Bonchev–Trinajstić information content (AvgIpc) is 1.98. The molecule has 0 spiro atoms. The predicted molar refractivity (Wildman–Crippen MR) is 59.4 cm³/mol. The Morgan fingerprint density at radius 3 is 2.00 bits per heavy atom.